The van der Waals surface area contributed by atoms with Crippen LogP contribution < -0.4 is 5.32 Å². The molecule has 2 rings (SSSR count). The number of rotatable bonds is 4. The third-order valence-corrected chi connectivity index (χ3v) is 2.78. The number of aryl methyl sites for hydroxylation is 2. The molecule has 19 heavy (non-hydrogen) atoms. The van der Waals surface area contributed by atoms with Gasteiger partial charge in [0.25, 0.3) is 0 Å². The molecule has 100 valence electrons. The SMILES string of the molecule is CNc1nc(C)c([N+](=O)[O-])c(Cc2nccn2C)n1. The smallest absolute Gasteiger partial charge is 0.312 e. The van der Waals surface area contributed by atoms with Gasteiger partial charge in [-0.05, 0) is 6.92 Å². The molecule has 0 aliphatic carbocycles. The van der Waals surface area contributed by atoms with E-state index < -0.39 is 4.92 Å². The van der Waals surface area contributed by atoms with Gasteiger partial charge in [0, 0.05) is 26.5 Å². The molecule has 1 N–H and O–H groups in total. The van der Waals surface area contributed by atoms with Gasteiger partial charge in [-0.2, -0.15) is 0 Å². The van der Waals surface area contributed by atoms with Crippen LogP contribution in [-0.2, 0) is 13.5 Å². The van der Waals surface area contributed by atoms with E-state index in [1.165, 1.54) is 0 Å². The summed E-state index contributed by atoms with van der Waals surface area (Å²) < 4.78 is 1.81. The Bertz CT molecular complexity index is 622. The quantitative estimate of drug-likeness (QED) is 0.653. The molecule has 0 aliphatic heterocycles. The molecule has 0 atom stereocenters. The minimum Gasteiger partial charge on any atom is -0.357 e. The van der Waals surface area contributed by atoms with Crippen LogP contribution in [0.15, 0.2) is 12.4 Å². The molecule has 0 saturated heterocycles. The van der Waals surface area contributed by atoms with E-state index in [2.05, 4.69) is 20.3 Å². The maximum absolute atomic E-state index is 11.1. The van der Waals surface area contributed by atoms with Crippen LogP contribution in [0.25, 0.3) is 0 Å². The summed E-state index contributed by atoms with van der Waals surface area (Å²) in [7, 11) is 3.51. The molecule has 0 aliphatic rings. The Morgan fingerprint density at radius 3 is 2.74 bits per heavy atom. The summed E-state index contributed by atoms with van der Waals surface area (Å²) in [4.78, 5) is 23.0. The van der Waals surface area contributed by atoms with E-state index >= 15 is 0 Å². The van der Waals surface area contributed by atoms with Crippen LogP contribution in [0.2, 0.25) is 0 Å². The lowest BCUT2D eigenvalue weighted by atomic mass is 10.2. The van der Waals surface area contributed by atoms with Crippen molar-refractivity contribution in [3.8, 4) is 0 Å². The number of hydrogen-bond donors (Lipinski definition) is 1. The molecule has 2 heterocycles. The third kappa shape index (κ3) is 2.51. The van der Waals surface area contributed by atoms with E-state index in [4.69, 9.17) is 0 Å². The number of nitrogens with zero attached hydrogens (tertiary/aromatic N) is 5. The van der Waals surface area contributed by atoms with E-state index in [1.807, 2.05) is 7.05 Å². The average Bonchev–Trinajstić information content (AvgIpc) is 2.73. The van der Waals surface area contributed by atoms with Crippen molar-refractivity contribution in [1.82, 2.24) is 19.5 Å². The van der Waals surface area contributed by atoms with E-state index in [-0.39, 0.29) is 12.1 Å². The lowest BCUT2D eigenvalue weighted by molar-refractivity contribution is -0.386. The van der Waals surface area contributed by atoms with Crippen LogP contribution in [0.4, 0.5) is 11.6 Å². The summed E-state index contributed by atoms with van der Waals surface area (Å²) in [6.45, 7) is 1.60. The highest BCUT2D eigenvalue weighted by Gasteiger charge is 2.22. The van der Waals surface area contributed by atoms with Gasteiger partial charge in [-0.15, -0.1) is 0 Å². The second kappa shape index (κ2) is 5.01. The van der Waals surface area contributed by atoms with Gasteiger partial charge in [0.15, 0.2) is 0 Å². The van der Waals surface area contributed by atoms with Gasteiger partial charge in [0.1, 0.15) is 17.2 Å². The molecular weight excluding hydrogens is 248 g/mol. The normalized spacial score (nSPS) is 10.5. The fourth-order valence-corrected chi connectivity index (χ4v) is 1.82. The summed E-state index contributed by atoms with van der Waals surface area (Å²) in [5, 5.41) is 13.9. The minimum atomic E-state index is -0.451. The van der Waals surface area contributed by atoms with Crippen LogP contribution in [-0.4, -0.2) is 31.5 Å². The summed E-state index contributed by atoms with van der Waals surface area (Å²) in [5.74, 6) is 1.08. The Morgan fingerprint density at radius 1 is 1.47 bits per heavy atom. The predicted molar refractivity (Wildman–Crippen MR) is 69.0 cm³/mol. The number of anilines is 1. The fraction of sp³-hybridized carbons (Fsp3) is 0.364. The first-order valence-electron chi connectivity index (χ1n) is 5.68. The van der Waals surface area contributed by atoms with E-state index in [0.717, 1.165) is 0 Å². The molecule has 8 nitrogen and oxygen atoms in total. The number of aromatic nitrogens is 4. The molecule has 8 heteroatoms. The van der Waals surface area contributed by atoms with Crippen molar-refractivity contribution < 1.29 is 4.92 Å². The van der Waals surface area contributed by atoms with Crippen molar-refractivity contribution in [2.24, 2.45) is 7.05 Å². The van der Waals surface area contributed by atoms with E-state index in [9.17, 15) is 10.1 Å². The minimum absolute atomic E-state index is 0.0537. The van der Waals surface area contributed by atoms with Crippen molar-refractivity contribution in [2.75, 3.05) is 12.4 Å². The molecular formula is C11H14N6O2. The second-order valence-electron chi connectivity index (χ2n) is 4.07. The first-order valence-corrected chi connectivity index (χ1v) is 5.68. The van der Waals surface area contributed by atoms with Gasteiger partial charge >= 0.3 is 5.69 Å². The number of nitro groups is 1. The molecule has 0 fully saturated rings. The molecule has 0 saturated carbocycles. The summed E-state index contributed by atoms with van der Waals surface area (Å²) in [5.41, 5.74) is 0.645. The Kier molecular flexibility index (Phi) is 3.41. The van der Waals surface area contributed by atoms with E-state index in [0.29, 0.717) is 23.2 Å². The lowest BCUT2D eigenvalue weighted by Crippen LogP contribution is -2.09. The fourth-order valence-electron chi connectivity index (χ4n) is 1.82. The summed E-state index contributed by atoms with van der Waals surface area (Å²) >= 11 is 0. The lowest BCUT2D eigenvalue weighted by Gasteiger charge is -2.07. The highest BCUT2D eigenvalue weighted by Crippen LogP contribution is 2.23. The summed E-state index contributed by atoms with van der Waals surface area (Å²) in [6, 6.07) is 0. The van der Waals surface area contributed by atoms with Crippen molar-refractivity contribution >= 4 is 11.6 Å². The molecule has 0 unspecified atom stereocenters. The highest BCUT2D eigenvalue weighted by atomic mass is 16.6. The highest BCUT2D eigenvalue weighted by molar-refractivity contribution is 5.45. The largest absolute Gasteiger partial charge is 0.357 e. The summed E-state index contributed by atoms with van der Waals surface area (Å²) in [6.07, 6.45) is 3.72. The Labute approximate surface area is 109 Å². The molecule has 2 aromatic rings. The third-order valence-electron chi connectivity index (χ3n) is 2.78. The maximum atomic E-state index is 11.1. The molecule has 0 amide bonds. The zero-order valence-corrected chi connectivity index (χ0v) is 10.9. The molecule has 0 radical (unpaired) electrons. The predicted octanol–water partition coefficient (Wildman–Crippen LogP) is 1.06. The first-order chi connectivity index (χ1) is 9.02. The van der Waals surface area contributed by atoms with Crippen molar-refractivity contribution in [2.45, 2.75) is 13.3 Å². The monoisotopic (exact) mass is 262 g/mol. The molecule has 0 bridgehead atoms. The molecule has 0 spiro atoms. The van der Waals surface area contributed by atoms with Gasteiger partial charge in [-0.1, -0.05) is 0 Å². The molecule has 2 aromatic heterocycles. The Hall–Kier alpha value is -2.51. The number of hydrogen-bond acceptors (Lipinski definition) is 6. The van der Waals surface area contributed by atoms with Gasteiger partial charge < -0.3 is 9.88 Å². The van der Waals surface area contributed by atoms with Gasteiger partial charge in [0.2, 0.25) is 5.95 Å². The van der Waals surface area contributed by atoms with Crippen LogP contribution in [0, 0.1) is 17.0 Å². The topological polar surface area (TPSA) is 98.8 Å². The Balaban J connectivity index is 2.50. The standard InChI is InChI=1S/C11H14N6O2/c1-7-10(17(18)19)8(15-11(12-2)14-7)6-9-13-4-5-16(9)3/h4-5H,6H2,1-3H3,(H,12,14,15). The second-order valence-corrected chi connectivity index (χ2v) is 4.07. The maximum Gasteiger partial charge on any atom is 0.312 e. The van der Waals surface area contributed by atoms with Crippen molar-refractivity contribution in [1.29, 1.82) is 0 Å². The van der Waals surface area contributed by atoms with Crippen LogP contribution in [0.5, 0.6) is 0 Å². The molecule has 0 aromatic carbocycles. The van der Waals surface area contributed by atoms with Crippen molar-refractivity contribution in [3.05, 3.63) is 39.7 Å². The number of nitrogens with one attached hydrogen (secondary N) is 1. The average molecular weight is 262 g/mol. The zero-order valence-electron chi connectivity index (χ0n) is 10.9. The van der Waals surface area contributed by atoms with Crippen LogP contribution in [0.3, 0.4) is 0 Å². The van der Waals surface area contributed by atoms with Crippen LogP contribution in [0.1, 0.15) is 17.2 Å². The number of imidazole rings is 1. The van der Waals surface area contributed by atoms with Crippen LogP contribution >= 0.6 is 0 Å². The van der Waals surface area contributed by atoms with Gasteiger partial charge in [0.05, 0.1) is 11.3 Å². The zero-order chi connectivity index (χ0) is 14.0. The van der Waals surface area contributed by atoms with Gasteiger partial charge in [-0.3, -0.25) is 10.1 Å². The first kappa shape index (κ1) is 12.9. The van der Waals surface area contributed by atoms with E-state index in [1.54, 1.807) is 30.9 Å². The van der Waals surface area contributed by atoms with Crippen molar-refractivity contribution in [3.63, 3.8) is 0 Å². The van der Waals surface area contributed by atoms with Gasteiger partial charge in [-0.25, -0.2) is 15.0 Å². The Morgan fingerprint density at radius 2 is 2.21 bits per heavy atom.